The quantitative estimate of drug-likeness (QED) is 0.327. The second kappa shape index (κ2) is 10.5. The van der Waals surface area contributed by atoms with Crippen LogP contribution in [0.5, 0.6) is 0 Å². The Morgan fingerprint density at radius 3 is 1.94 bits per heavy atom. The van der Waals surface area contributed by atoms with Gasteiger partial charge in [-0.15, -0.1) is 12.4 Å². The zero-order valence-corrected chi connectivity index (χ0v) is 19.7. The lowest BCUT2D eigenvalue weighted by Crippen LogP contribution is -2.43. The van der Waals surface area contributed by atoms with E-state index in [0.29, 0.717) is 12.1 Å². The van der Waals surface area contributed by atoms with Crippen LogP contribution in [0.4, 0.5) is 8.78 Å². The van der Waals surface area contributed by atoms with Crippen molar-refractivity contribution in [1.82, 2.24) is 14.7 Å². The number of likely N-dealkylation sites (tertiary alicyclic amines) is 1. The van der Waals surface area contributed by atoms with E-state index in [1.807, 2.05) is 12.3 Å². The molecule has 0 unspecified atom stereocenters. The minimum absolute atomic E-state index is 0. The van der Waals surface area contributed by atoms with Gasteiger partial charge in [0.25, 0.3) is 0 Å². The number of benzene rings is 3. The van der Waals surface area contributed by atoms with Gasteiger partial charge >= 0.3 is 0 Å². The van der Waals surface area contributed by atoms with Crippen LogP contribution in [0.2, 0.25) is 0 Å². The highest BCUT2D eigenvalue weighted by Gasteiger charge is 2.37. The average Bonchev–Trinajstić information content (AvgIpc) is 3.30. The predicted molar refractivity (Wildman–Crippen MR) is 133 cm³/mol. The molecule has 0 bridgehead atoms. The van der Waals surface area contributed by atoms with Crippen LogP contribution in [0.3, 0.4) is 0 Å². The summed E-state index contributed by atoms with van der Waals surface area (Å²) < 4.78 is 28.4. The van der Waals surface area contributed by atoms with Crippen molar-refractivity contribution in [1.29, 1.82) is 0 Å². The molecule has 1 aliphatic rings. The van der Waals surface area contributed by atoms with Gasteiger partial charge in [0.15, 0.2) is 11.6 Å². The first-order chi connectivity index (χ1) is 16.1. The third kappa shape index (κ3) is 5.06. The first kappa shape index (κ1) is 24.1. The Hall–Kier alpha value is -3.02. The van der Waals surface area contributed by atoms with Crippen LogP contribution in [0.1, 0.15) is 35.2 Å². The van der Waals surface area contributed by atoms with E-state index in [9.17, 15) is 8.78 Å². The summed E-state index contributed by atoms with van der Waals surface area (Å²) in [5.41, 5.74) is 4.48. The van der Waals surface area contributed by atoms with Gasteiger partial charge in [0.05, 0.1) is 12.2 Å². The molecule has 0 radical (unpaired) electrons. The molecule has 176 valence electrons. The number of nitrogens with zero attached hydrogens (tertiary/aromatic N) is 3. The number of halogens is 3. The summed E-state index contributed by atoms with van der Waals surface area (Å²) in [6, 6.07) is 27.7. The molecule has 0 saturated carbocycles. The van der Waals surface area contributed by atoms with Crippen molar-refractivity contribution in [2.45, 2.75) is 31.3 Å². The van der Waals surface area contributed by atoms with E-state index in [0.717, 1.165) is 44.2 Å². The third-order valence-electron chi connectivity index (χ3n) is 6.77. The molecule has 0 N–H and O–H groups in total. The van der Waals surface area contributed by atoms with Crippen LogP contribution in [-0.4, -0.2) is 27.8 Å². The molecular formula is C28H28ClF2N3. The molecule has 2 heterocycles. The molecule has 0 atom stereocenters. The summed E-state index contributed by atoms with van der Waals surface area (Å²) in [7, 11) is 0. The van der Waals surface area contributed by atoms with Gasteiger partial charge in [0, 0.05) is 18.2 Å². The maximum absolute atomic E-state index is 13.5. The number of hydrogen-bond donors (Lipinski definition) is 0. The Balaban J connectivity index is 0.00000274. The first-order valence-electron chi connectivity index (χ1n) is 11.4. The van der Waals surface area contributed by atoms with Gasteiger partial charge in [-0.3, -0.25) is 9.58 Å². The number of rotatable bonds is 6. The highest BCUT2D eigenvalue weighted by molar-refractivity contribution is 5.85. The van der Waals surface area contributed by atoms with Crippen molar-refractivity contribution in [3.8, 4) is 0 Å². The van der Waals surface area contributed by atoms with Crippen molar-refractivity contribution in [2.75, 3.05) is 13.1 Å². The Kier molecular flexibility index (Phi) is 7.44. The molecule has 34 heavy (non-hydrogen) atoms. The molecule has 3 nitrogen and oxygen atoms in total. The second-order valence-corrected chi connectivity index (χ2v) is 8.84. The van der Waals surface area contributed by atoms with Crippen LogP contribution < -0.4 is 0 Å². The zero-order valence-electron chi connectivity index (χ0n) is 18.9. The van der Waals surface area contributed by atoms with Crippen LogP contribution >= 0.6 is 12.4 Å². The van der Waals surface area contributed by atoms with Crippen LogP contribution in [-0.2, 0) is 18.5 Å². The van der Waals surface area contributed by atoms with E-state index < -0.39 is 11.6 Å². The fourth-order valence-corrected chi connectivity index (χ4v) is 4.98. The van der Waals surface area contributed by atoms with Crippen molar-refractivity contribution >= 4 is 12.4 Å². The Morgan fingerprint density at radius 2 is 1.35 bits per heavy atom. The molecular weight excluding hydrogens is 452 g/mol. The summed E-state index contributed by atoms with van der Waals surface area (Å²) in [6.45, 7) is 3.17. The van der Waals surface area contributed by atoms with Crippen molar-refractivity contribution in [2.24, 2.45) is 0 Å². The molecule has 1 saturated heterocycles. The van der Waals surface area contributed by atoms with E-state index in [4.69, 9.17) is 0 Å². The first-order valence-corrected chi connectivity index (χ1v) is 11.4. The molecule has 5 rings (SSSR count). The Bertz CT molecular complexity index is 1160. The topological polar surface area (TPSA) is 21.1 Å². The molecule has 1 aromatic heterocycles. The van der Waals surface area contributed by atoms with E-state index in [-0.39, 0.29) is 17.8 Å². The lowest BCUT2D eigenvalue weighted by atomic mass is 9.68. The molecule has 0 amide bonds. The number of aromatic nitrogens is 2. The van der Waals surface area contributed by atoms with E-state index in [1.54, 1.807) is 10.7 Å². The molecule has 3 aromatic carbocycles. The Morgan fingerprint density at radius 1 is 0.735 bits per heavy atom. The molecule has 1 aliphatic heterocycles. The van der Waals surface area contributed by atoms with Gasteiger partial charge in [0.2, 0.25) is 0 Å². The highest BCUT2D eigenvalue weighted by atomic mass is 35.5. The summed E-state index contributed by atoms with van der Waals surface area (Å²) in [6.07, 6.45) is 4.01. The van der Waals surface area contributed by atoms with Gasteiger partial charge in [-0.1, -0.05) is 66.7 Å². The smallest absolute Gasteiger partial charge is 0.159 e. The summed E-state index contributed by atoms with van der Waals surface area (Å²) >= 11 is 0. The lowest BCUT2D eigenvalue weighted by molar-refractivity contribution is 0.170. The molecule has 0 aliphatic carbocycles. The SMILES string of the molecule is Cl.Fc1ccc(Cn2ccc(CN3CCC(c4ccccc4)(c4ccccc4)CC3)n2)cc1F. The lowest BCUT2D eigenvalue weighted by Gasteiger charge is -2.42. The average molecular weight is 480 g/mol. The standard InChI is InChI=1S/C28H27F2N3.ClH/c29-26-12-11-22(19-27(26)30)20-33-16-13-25(31-33)21-32-17-14-28(15-18-32,23-7-3-1-4-8-23)24-9-5-2-6-10-24;/h1-13,16,19H,14-15,17-18,20-21H2;1H. The highest BCUT2D eigenvalue weighted by Crippen LogP contribution is 2.41. The maximum Gasteiger partial charge on any atom is 0.159 e. The summed E-state index contributed by atoms with van der Waals surface area (Å²) in [5, 5.41) is 4.66. The van der Waals surface area contributed by atoms with E-state index in [1.165, 1.54) is 17.2 Å². The predicted octanol–water partition coefficient (Wildman–Crippen LogP) is 6.21. The van der Waals surface area contributed by atoms with Gasteiger partial charge in [0.1, 0.15) is 0 Å². The largest absolute Gasteiger partial charge is 0.297 e. The molecule has 4 aromatic rings. The maximum atomic E-state index is 13.5. The fraction of sp³-hybridized carbons (Fsp3) is 0.250. The van der Waals surface area contributed by atoms with E-state index >= 15 is 0 Å². The van der Waals surface area contributed by atoms with Crippen molar-refractivity contribution in [3.63, 3.8) is 0 Å². The second-order valence-electron chi connectivity index (χ2n) is 8.84. The number of hydrogen-bond acceptors (Lipinski definition) is 2. The monoisotopic (exact) mass is 479 g/mol. The van der Waals surface area contributed by atoms with Crippen LogP contribution in [0.25, 0.3) is 0 Å². The fourth-order valence-electron chi connectivity index (χ4n) is 4.98. The Labute approximate surface area is 205 Å². The third-order valence-corrected chi connectivity index (χ3v) is 6.77. The summed E-state index contributed by atoms with van der Waals surface area (Å²) in [5.74, 6) is -1.65. The van der Waals surface area contributed by atoms with Gasteiger partial charge < -0.3 is 0 Å². The van der Waals surface area contributed by atoms with Crippen molar-refractivity contribution < 1.29 is 8.78 Å². The van der Waals surface area contributed by atoms with E-state index in [2.05, 4.69) is 70.7 Å². The molecule has 1 fully saturated rings. The summed E-state index contributed by atoms with van der Waals surface area (Å²) in [4.78, 5) is 2.45. The molecule has 6 heteroatoms. The molecule has 0 spiro atoms. The minimum Gasteiger partial charge on any atom is -0.297 e. The zero-order chi connectivity index (χ0) is 22.7. The van der Waals surface area contributed by atoms with Crippen LogP contribution in [0, 0.1) is 11.6 Å². The number of piperidine rings is 1. The van der Waals surface area contributed by atoms with Crippen LogP contribution in [0.15, 0.2) is 91.1 Å². The normalized spacial score (nSPS) is 15.6. The minimum atomic E-state index is -0.827. The van der Waals surface area contributed by atoms with Gasteiger partial charge in [-0.05, 0) is 60.8 Å². The van der Waals surface area contributed by atoms with Gasteiger partial charge in [-0.2, -0.15) is 5.10 Å². The van der Waals surface area contributed by atoms with Crippen molar-refractivity contribution in [3.05, 3.63) is 125 Å². The van der Waals surface area contributed by atoms with Gasteiger partial charge in [-0.25, -0.2) is 8.78 Å².